The highest BCUT2D eigenvalue weighted by molar-refractivity contribution is 5.75. The van der Waals surface area contributed by atoms with Crippen LogP contribution in [0.3, 0.4) is 0 Å². The van der Waals surface area contributed by atoms with Gasteiger partial charge in [-0.15, -0.1) is 0 Å². The number of carbonyl (C=O) groups is 2. The second-order valence-electron chi connectivity index (χ2n) is 4.80. The molecule has 0 saturated carbocycles. The summed E-state index contributed by atoms with van der Waals surface area (Å²) in [5.41, 5.74) is 1.48. The van der Waals surface area contributed by atoms with Gasteiger partial charge in [0.15, 0.2) is 6.29 Å². The number of hydrogen-bond acceptors (Lipinski definition) is 4. The van der Waals surface area contributed by atoms with Gasteiger partial charge in [0.1, 0.15) is 5.82 Å². The average Bonchev–Trinajstić information content (AvgIpc) is 2.39. The third-order valence-electron chi connectivity index (χ3n) is 3.38. The van der Waals surface area contributed by atoms with Crippen LogP contribution in [0.5, 0.6) is 0 Å². The van der Waals surface area contributed by atoms with E-state index in [0.717, 1.165) is 17.7 Å². The summed E-state index contributed by atoms with van der Waals surface area (Å²) in [6.45, 7) is 5.43. The third kappa shape index (κ3) is 2.67. The number of hydrogen-bond donors (Lipinski definition) is 1. The maximum atomic E-state index is 10.9. The van der Waals surface area contributed by atoms with E-state index in [1.165, 1.54) is 4.90 Å². The van der Waals surface area contributed by atoms with Gasteiger partial charge in [-0.05, 0) is 25.5 Å². The van der Waals surface area contributed by atoms with Crippen molar-refractivity contribution in [2.45, 2.75) is 19.9 Å². The molecule has 0 bridgehead atoms. The zero-order valence-electron chi connectivity index (χ0n) is 11.0. The predicted octanol–water partition coefficient (Wildman–Crippen LogP) is 1.39. The van der Waals surface area contributed by atoms with Gasteiger partial charge in [0.2, 0.25) is 0 Å². The Hall–Kier alpha value is -2.11. The van der Waals surface area contributed by atoms with Crippen molar-refractivity contribution in [1.82, 2.24) is 9.88 Å². The highest BCUT2D eigenvalue weighted by atomic mass is 16.4. The Kier molecular flexibility index (Phi) is 3.69. The number of carboxylic acid groups (broad SMARTS) is 1. The number of aldehydes is 1. The maximum Gasteiger partial charge on any atom is 0.407 e. The molecule has 102 valence electrons. The zero-order chi connectivity index (χ0) is 14.0. The second-order valence-corrected chi connectivity index (χ2v) is 4.80. The van der Waals surface area contributed by atoms with E-state index in [4.69, 9.17) is 5.11 Å². The first-order valence-electron chi connectivity index (χ1n) is 6.19. The summed E-state index contributed by atoms with van der Waals surface area (Å²) in [4.78, 5) is 29.5. The van der Waals surface area contributed by atoms with Crippen molar-refractivity contribution in [2.24, 2.45) is 0 Å². The van der Waals surface area contributed by atoms with Crippen molar-refractivity contribution in [2.75, 3.05) is 24.5 Å². The molecule has 0 radical (unpaired) electrons. The summed E-state index contributed by atoms with van der Waals surface area (Å²) in [5, 5.41) is 8.99. The number of carbonyl (C=O) groups excluding carboxylic acids is 1. The van der Waals surface area contributed by atoms with Crippen LogP contribution in [0.1, 0.15) is 22.8 Å². The summed E-state index contributed by atoms with van der Waals surface area (Å²) in [7, 11) is 0. The van der Waals surface area contributed by atoms with Crippen molar-refractivity contribution in [3.05, 3.63) is 23.4 Å². The SMILES string of the molecule is Cc1cc(C=O)cnc1N1CCN(C(=O)O)CC1C. The van der Waals surface area contributed by atoms with Crippen LogP contribution in [-0.4, -0.2) is 53.0 Å². The minimum Gasteiger partial charge on any atom is -0.465 e. The lowest BCUT2D eigenvalue weighted by Gasteiger charge is -2.39. The van der Waals surface area contributed by atoms with E-state index in [0.29, 0.717) is 25.2 Å². The van der Waals surface area contributed by atoms with Crippen molar-refractivity contribution in [1.29, 1.82) is 0 Å². The van der Waals surface area contributed by atoms with E-state index in [9.17, 15) is 9.59 Å². The van der Waals surface area contributed by atoms with Crippen LogP contribution in [0.2, 0.25) is 0 Å². The monoisotopic (exact) mass is 263 g/mol. The van der Waals surface area contributed by atoms with Crippen LogP contribution in [0.25, 0.3) is 0 Å². The average molecular weight is 263 g/mol. The lowest BCUT2D eigenvalue weighted by Crippen LogP contribution is -2.53. The Labute approximate surface area is 111 Å². The van der Waals surface area contributed by atoms with Crippen LogP contribution in [-0.2, 0) is 0 Å². The quantitative estimate of drug-likeness (QED) is 0.816. The smallest absolute Gasteiger partial charge is 0.407 e. The summed E-state index contributed by atoms with van der Waals surface area (Å²) < 4.78 is 0. The Morgan fingerprint density at radius 1 is 1.53 bits per heavy atom. The molecular formula is C13H17N3O3. The molecular weight excluding hydrogens is 246 g/mol. The van der Waals surface area contributed by atoms with E-state index in [-0.39, 0.29) is 6.04 Å². The Balaban J connectivity index is 2.19. The molecule has 1 fully saturated rings. The van der Waals surface area contributed by atoms with Crippen LogP contribution >= 0.6 is 0 Å². The van der Waals surface area contributed by atoms with Crippen molar-refractivity contribution in [3.63, 3.8) is 0 Å². The molecule has 1 aliphatic rings. The molecule has 0 aromatic carbocycles. The lowest BCUT2D eigenvalue weighted by atomic mass is 10.1. The summed E-state index contributed by atoms with van der Waals surface area (Å²) in [6, 6.07) is 1.86. The van der Waals surface area contributed by atoms with Crippen molar-refractivity contribution in [3.8, 4) is 0 Å². The van der Waals surface area contributed by atoms with Gasteiger partial charge in [-0.3, -0.25) is 4.79 Å². The number of aromatic nitrogens is 1. The summed E-state index contributed by atoms with van der Waals surface area (Å²) in [5.74, 6) is 0.822. The topological polar surface area (TPSA) is 73.7 Å². The molecule has 1 N–H and O–H groups in total. The van der Waals surface area contributed by atoms with Crippen LogP contribution in [0.15, 0.2) is 12.3 Å². The largest absolute Gasteiger partial charge is 0.465 e. The fraction of sp³-hybridized carbons (Fsp3) is 0.462. The minimum absolute atomic E-state index is 0.0677. The normalized spacial score (nSPS) is 19.4. The highest BCUT2D eigenvalue weighted by Crippen LogP contribution is 2.22. The fourth-order valence-corrected chi connectivity index (χ4v) is 2.40. The van der Waals surface area contributed by atoms with E-state index < -0.39 is 6.09 Å². The van der Waals surface area contributed by atoms with Gasteiger partial charge in [-0.25, -0.2) is 9.78 Å². The number of pyridine rings is 1. The molecule has 2 heterocycles. The van der Waals surface area contributed by atoms with Gasteiger partial charge < -0.3 is 14.9 Å². The van der Waals surface area contributed by atoms with Gasteiger partial charge >= 0.3 is 6.09 Å². The summed E-state index contributed by atoms with van der Waals surface area (Å²) >= 11 is 0. The van der Waals surface area contributed by atoms with Gasteiger partial charge in [0.25, 0.3) is 0 Å². The molecule has 0 spiro atoms. The molecule has 19 heavy (non-hydrogen) atoms. The van der Waals surface area contributed by atoms with E-state index in [2.05, 4.69) is 9.88 Å². The molecule has 6 heteroatoms. The number of rotatable bonds is 2. The number of amides is 1. The van der Waals surface area contributed by atoms with Gasteiger partial charge in [0.05, 0.1) is 0 Å². The molecule has 1 saturated heterocycles. The van der Waals surface area contributed by atoms with Gasteiger partial charge in [-0.1, -0.05) is 0 Å². The number of nitrogens with zero attached hydrogens (tertiary/aromatic N) is 3. The molecule has 1 unspecified atom stereocenters. The van der Waals surface area contributed by atoms with Crippen molar-refractivity contribution >= 4 is 18.2 Å². The van der Waals surface area contributed by atoms with Gasteiger partial charge in [0, 0.05) is 37.4 Å². The Morgan fingerprint density at radius 2 is 2.26 bits per heavy atom. The fourth-order valence-electron chi connectivity index (χ4n) is 2.40. The Morgan fingerprint density at radius 3 is 2.79 bits per heavy atom. The molecule has 1 amide bonds. The Bertz CT molecular complexity index is 504. The molecule has 1 aromatic heterocycles. The molecule has 6 nitrogen and oxygen atoms in total. The van der Waals surface area contributed by atoms with Crippen molar-refractivity contribution < 1.29 is 14.7 Å². The first-order valence-corrected chi connectivity index (χ1v) is 6.19. The predicted molar refractivity (Wildman–Crippen MR) is 70.8 cm³/mol. The highest BCUT2D eigenvalue weighted by Gasteiger charge is 2.27. The summed E-state index contributed by atoms with van der Waals surface area (Å²) in [6.07, 6.45) is 1.44. The van der Waals surface area contributed by atoms with E-state index >= 15 is 0 Å². The number of aryl methyl sites for hydroxylation is 1. The molecule has 1 aliphatic heterocycles. The number of anilines is 1. The zero-order valence-corrected chi connectivity index (χ0v) is 11.0. The molecule has 1 atom stereocenters. The van der Waals surface area contributed by atoms with Crippen LogP contribution in [0, 0.1) is 6.92 Å². The standard InChI is InChI=1S/C13H17N3O3/c1-9-5-11(8-17)6-14-12(9)16-4-3-15(13(18)19)7-10(16)2/h5-6,8,10H,3-4,7H2,1-2H3,(H,18,19). The van der Waals surface area contributed by atoms with Crippen LogP contribution in [0.4, 0.5) is 10.6 Å². The number of piperazine rings is 1. The van der Waals surface area contributed by atoms with E-state index in [1.54, 1.807) is 12.3 Å². The van der Waals surface area contributed by atoms with Gasteiger partial charge in [-0.2, -0.15) is 0 Å². The third-order valence-corrected chi connectivity index (χ3v) is 3.38. The van der Waals surface area contributed by atoms with E-state index in [1.807, 2.05) is 13.8 Å². The molecule has 1 aromatic rings. The first-order chi connectivity index (χ1) is 9.02. The minimum atomic E-state index is -0.882. The second kappa shape index (κ2) is 5.26. The molecule has 2 rings (SSSR count). The first kappa shape index (κ1) is 13.3. The van der Waals surface area contributed by atoms with Crippen LogP contribution < -0.4 is 4.90 Å². The lowest BCUT2D eigenvalue weighted by molar-refractivity contribution is 0.112. The maximum absolute atomic E-state index is 10.9. The molecule has 0 aliphatic carbocycles.